The molecule has 0 aromatic heterocycles. The lowest BCUT2D eigenvalue weighted by molar-refractivity contribution is -0.139. The zero-order valence-electron chi connectivity index (χ0n) is 19.7. The average molecular weight is 471 g/mol. The fourth-order valence-corrected chi connectivity index (χ4v) is 2.48. The maximum absolute atomic E-state index is 11.1. The van der Waals surface area contributed by atoms with Crippen LogP contribution < -0.4 is 0 Å². The molecule has 0 bridgehead atoms. The number of hydrogen-bond acceptors (Lipinski definition) is 9. The molecule has 0 N–H and O–H groups in total. The van der Waals surface area contributed by atoms with Crippen LogP contribution >= 0.6 is 0 Å². The van der Waals surface area contributed by atoms with E-state index in [-0.39, 0.29) is 25.2 Å². The van der Waals surface area contributed by atoms with Gasteiger partial charge < -0.3 is 28.4 Å². The van der Waals surface area contributed by atoms with Gasteiger partial charge in [0.2, 0.25) is 0 Å². The van der Waals surface area contributed by atoms with Crippen molar-refractivity contribution in [3.63, 3.8) is 0 Å². The molecule has 33 heavy (non-hydrogen) atoms. The Hall–Kier alpha value is -2.49. The summed E-state index contributed by atoms with van der Waals surface area (Å²) in [5.41, 5.74) is -0.382. The number of ether oxygens (including phenoxy) is 6. The molecule has 0 saturated heterocycles. The molecule has 9 nitrogen and oxygen atoms in total. The van der Waals surface area contributed by atoms with Crippen LogP contribution in [0.4, 0.5) is 0 Å². The molecule has 0 radical (unpaired) electrons. The molecule has 0 amide bonds. The molecule has 0 spiro atoms. The van der Waals surface area contributed by atoms with Gasteiger partial charge in [-0.15, -0.1) is 0 Å². The molecule has 0 rings (SSSR count). The number of carbonyl (C=O) groups excluding carboxylic acids is 3. The number of carbonyl (C=O) groups is 3. The van der Waals surface area contributed by atoms with Crippen LogP contribution in [0.5, 0.6) is 0 Å². The second kappa shape index (κ2) is 20.1. The van der Waals surface area contributed by atoms with E-state index in [9.17, 15) is 14.4 Å². The molecule has 188 valence electrons. The van der Waals surface area contributed by atoms with Gasteiger partial charge in [-0.1, -0.05) is 26.7 Å². The van der Waals surface area contributed by atoms with Crippen LogP contribution in [0, 0.1) is 5.41 Å². The van der Waals surface area contributed by atoms with Crippen molar-refractivity contribution < 1.29 is 42.8 Å². The SMILES string of the molecule is C=CC(=O)OCCCOCC(CC)(COCCCOC(=O)C=C)COCCCOC(=O)C=C. The lowest BCUT2D eigenvalue weighted by Gasteiger charge is -2.32. The highest BCUT2D eigenvalue weighted by Gasteiger charge is 2.29. The molecular weight excluding hydrogens is 432 g/mol. The highest BCUT2D eigenvalue weighted by atomic mass is 16.5. The summed E-state index contributed by atoms with van der Waals surface area (Å²) in [5.74, 6) is -1.38. The first kappa shape index (κ1) is 30.5. The van der Waals surface area contributed by atoms with E-state index in [1.807, 2.05) is 6.92 Å². The van der Waals surface area contributed by atoms with Crippen molar-refractivity contribution in [3.8, 4) is 0 Å². The summed E-state index contributed by atoms with van der Waals surface area (Å²) in [6, 6.07) is 0. The van der Waals surface area contributed by atoms with Gasteiger partial charge in [0.15, 0.2) is 0 Å². The molecule has 0 aromatic rings. The van der Waals surface area contributed by atoms with E-state index in [0.29, 0.717) is 58.9 Å². The van der Waals surface area contributed by atoms with Crippen LogP contribution in [-0.4, -0.2) is 77.4 Å². The minimum Gasteiger partial charge on any atom is -0.462 e. The fraction of sp³-hybridized carbons (Fsp3) is 0.625. The molecule has 0 aliphatic heterocycles. The average Bonchev–Trinajstić information content (AvgIpc) is 2.84. The van der Waals surface area contributed by atoms with Crippen molar-refractivity contribution in [1.82, 2.24) is 0 Å². The summed E-state index contributed by atoms with van der Waals surface area (Å²) in [7, 11) is 0. The van der Waals surface area contributed by atoms with Crippen molar-refractivity contribution in [1.29, 1.82) is 0 Å². The minimum absolute atomic E-state index is 0.254. The molecule has 0 fully saturated rings. The largest absolute Gasteiger partial charge is 0.462 e. The second-order valence-electron chi connectivity index (χ2n) is 7.19. The van der Waals surface area contributed by atoms with E-state index in [1.54, 1.807) is 0 Å². The van der Waals surface area contributed by atoms with Crippen LogP contribution in [0.1, 0.15) is 32.6 Å². The minimum atomic E-state index is -0.461. The summed E-state index contributed by atoms with van der Waals surface area (Å²) in [5, 5.41) is 0. The highest BCUT2D eigenvalue weighted by molar-refractivity contribution is 5.81. The first-order valence-corrected chi connectivity index (χ1v) is 11.0. The Morgan fingerprint density at radius 2 is 0.909 bits per heavy atom. The van der Waals surface area contributed by atoms with Crippen LogP contribution in [0.2, 0.25) is 0 Å². The summed E-state index contributed by atoms with van der Waals surface area (Å²) >= 11 is 0. The molecule has 0 unspecified atom stereocenters. The normalized spacial score (nSPS) is 10.8. The van der Waals surface area contributed by atoms with E-state index in [4.69, 9.17) is 28.4 Å². The Kier molecular flexibility index (Phi) is 18.6. The Morgan fingerprint density at radius 1 is 0.606 bits per heavy atom. The first-order valence-electron chi connectivity index (χ1n) is 11.0. The topological polar surface area (TPSA) is 107 Å². The third-order valence-corrected chi connectivity index (χ3v) is 4.51. The van der Waals surface area contributed by atoms with Gasteiger partial charge in [-0.25, -0.2) is 14.4 Å². The maximum Gasteiger partial charge on any atom is 0.330 e. The van der Waals surface area contributed by atoms with Crippen molar-refractivity contribution in [2.24, 2.45) is 5.41 Å². The third-order valence-electron chi connectivity index (χ3n) is 4.51. The smallest absolute Gasteiger partial charge is 0.330 e. The van der Waals surface area contributed by atoms with Gasteiger partial charge in [0, 0.05) is 62.7 Å². The fourth-order valence-electron chi connectivity index (χ4n) is 2.48. The molecule has 0 aliphatic rings. The van der Waals surface area contributed by atoms with E-state index < -0.39 is 17.9 Å². The highest BCUT2D eigenvalue weighted by Crippen LogP contribution is 2.24. The molecular formula is C24H38O9. The summed E-state index contributed by atoms with van der Waals surface area (Å²) in [6.45, 7) is 15.3. The maximum atomic E-state index is 11.1. The standard InChI is InChI=1S/C24H38O9/c1-5-21(25)31-15-9-12-28-18-24(8-4,19-29-13-10-16-32-22(26)6-2)20-30-14-11-17-33-23(27)7-3/h5-7H,1-3,8-20H2,4H3. The van der Waals surface area contributed by atoms with Gasteiger partial charge in [0.25, 0.3) is 0 Å². The van der Waals surface area contributed by atoms with Gasteiger partial charge in [-0.3, -0.25) is 0 Å². The Balaban J connectivity index is 4.46. The summed E-state index contributed by atoms with van der Waals surface area (Å²) < 4.78 is 32.2. The predicted molar refractivity (Wildman–Crippen MR) is 123 cm³/mol. The Labute approximate surface area is 196 Å². The lowest BCUT2D eigenvalue weighted by Crippen LogP contribution is -2.37. The Morgan fingerprint density at radius 3 is 1.15 bits per heavy atom. The van der Waals surface area contributed by atoms with Crippen LogP contribution in [0.25, 0.3) is 0 Å². The molecule has 0 aliphatic carbocycles. The number of esters is 3. The van der Waals surface area contributed by atoms with Gasteiger partial charge in [-0.2, -0.15) is 0 Å². The van der Waals surface area contributed by atoms with Crippen LogP contribution in [-0.2, 0) is 42.8 Å². The molecule has 0 heterocycles. The molecule has 0 aromatic carbocycles. The lowest BCUT2D eigenvalue weighted by atomic mass is 9.88. The molecule has 9 heteroatoms. The van der Waals surface area contributed by atoms with Crippen molar-refractivity contribution in [2.75, 3.05) is 59.5 Å². The van der Waals surface area contributed by atoms with E-state index >= 15 is 0 Å². The molecule has 0 atom stereocenters. The zero-order valence-corrected chi connectivity index (χ0v) is 19.7. The van der Waals surface area contributed by atoms with Crippen LogP contribution in [0.15, 0.2) is 38.0 Å². The Bertz CT molecular complexity index is 522. The molecule has 0 saturated carbocycles. The predicted octanol–water partition coefficient (Wildman–Crippen LogP) is 2.79. The van der Waals surface area contributed by atoms with Crippen molar-refractivity contribution in [2.45, 2.75) is 32.6 Å². The van der Waals surface area contributed by atoms with Crippen molar-refractivity contribution >= 4 is 17.9 Å². The third kappa shape index (κ3) is 16.8. The number of rotatable bonds is 22. The van der Waals surface area contributed by atoms with Crippen LogP contribution in [0.3, 0.4) is 0 Å². The van der Waals surface area contributed by atoms with Gasteiger partial charge >= 0.3 is 17.9 Å². The first-order chi connectivity index (χ1) is 15.9. The quantitative estimate of drug-likeness (QED) is 0.102. The van der Waals surface area contributed by atoms with Gasteiger partial charge in [-0.05, 0) is 6.42 Å². The van der Waals surface area contributed by atoms with E-state index in [0.717, 1.165) is 24.6 Å². The number of hydrogen-bond donors (Lipinski definition) is 0. The second-order valence-corrected chi connectivity index (χ2v) is 7.19. The van der Waals surface area contributed by atoms with Gasteiger partial charge in [0.05, 0.1) is 39.6 Å². The van der Waals surface area contributed by atoms with Crippen molar-refractivity contribution in [3.05, 3.63) is 38.0 Å². The van der Waals surface area contributed by atoms with E-state index in [2.05, 4.69) is 19.7 Å². The summed E-state index contributed by atoms with van der Waals surface area (Å²) in [4.78, 5) is 33.2. The van der Waals surface area contributed by atoms with Gasteiger partial charge in [0.1, 0.15) is 0 Å². The van der Waals surface area contributed by atoms with E-state index in [1.165, 1.54) is 0 Å². The summed E-state index contributed by atoms with van der Waals surface area (Å²) in [6.07, 6.45) is 5.78. The zero-order chi connectivity index (χ0) is 24.8. The monoisotopic (exact) mass is 470 g/mol.